The Morgan fingerprint density at radius 3 is 2.62 bits per heavy atom. The monoisotopic (exact) mass is 368 g/mol. The Morgan fingerprint density at radius 1 is 1.27 bits per heavy atom. The number of halogens is 3. The van der Waals surface area contributed by atoms with Gasteiger partial charge in [0.05, 0.1) is 17.4 Å². The minimum atomic E-state index is -4.70. The molecule has 3 rings (SSSR count). The molecule has 7 nitrogen and oxygen atoms in total. The summed E-state index contributed by atoms with van der Waals surface area (Å²) in [4.78, 5) is 19.4. The summed E-state index contributed by atoms with van der Waals surface area (Å²) in [6.45, 7) is 5.27. The van der Waals surface area contributed by atoms with E-state index in [1.54, 1.807) is 31.4 Å². The Balaban J connectivity index is 1.85. The van der Waals surface area contributed by atoms with Crippen LogP contribution in [0.25, 0.3) is 22.4 Å². The van der Waals surface area contributed by atoms with Gasteiger partial charge in [0, 0.05) is 5.56 Å². The van der Waals surface area contributed by atoms with Gasteiger partial charge < -0.3 is 13.8 Å². The summed E-state index contributed by atoms with van der Waals surface area (Å²) < 4.78 is 48.7. The van der Waals surface area contributed by atoms with E-state index >= 15 is 0 Å². The smallest absolute Gasteiger partial charge is 0.459 e. The van der Waals surface area contributed by atoms with Gasteiger partial charge in [-0.05, 0) is 39.0 Å². The van der Waals surface area contributed by atoms with Gasteiger partial charge in [-0.2, -0.15) is 18.2 Å². The normalized spacial score (nSPS) is 12.5. The number of rotatable bonds is 3. The number of benzene rings is 1. The molecule has 2 aromatic heterocycles. The van der Waals surface area contributed by atoms with Crippen LogP contribution in [0.15, 0.2) is 29.0 Å². The highest BCUT2D eigenvalue weighted by Crippen LogP contribution is 2.30. The fraction of sp³-hybridized carbons (Fsp3) is 0.375. The molecule has 138 valence electrons. The SMILES string of the molecule is CC(C)(C)OC(=O)Cn1cnc2cc(-c3noc(C(F)(F)F)n3)ccc21. The van der Waals surface area contributed by atoms with Crippen molar-refractivity contribution in [2.24, 2.45) is 0 Å². The highest BCUT2D eigenvalue weighted by molar-refractivity contribution is 5.82. The molecule has 3 aromatic rings. The molecule has 1 aromatic carbocycles. The number of imidazole rings is 1. The summed E-state index contributed by atoms with van der Waals surface area (Å²) in [6.07, 6.45) is -3.25. The fourth-order valence-corrected chi connectivity index (χ4v) is 2.30. The van der Waals surface area contributed by atoms with Crippen molar-refractivity contribution in [2.45, 2.75) is 39.1 Å². The zero-order valence-corrected chi connectivity index (χ0v) is 14.2. The molecule has 26 heavy (non-hydrogen) atoms. The number of carbonyl (C=O) groups is 1. The molecular weight excluding hydrogens is 353 g/mol. The predicted octanol–water partition coefficient (Wildman–Crippen LogP) is 3.45. The molecule has 0 amide bonds. The lowest BCUT2D eigenvalue weighted by Crippen LogP contribution is -2.26. The molecule has 0 atom stereocenters. The first-order chi connectivity index (χ1) is 12.0. The standard InChI is InChI=1S/C16H15F3N4O3/c1-15(2,3)25-12(24)7-23-8-20-10-6-9(4-5-11(10)23)13-21-14(26-22-13)16(17,18)19/h4-6,8H,7H2,1-3H3. The van der Waals surface area contributed by atoms with Gasteiger partial charge in [-0.25, -0.2) is 4.98 Å². The molecule has 0 fully saturated rings. The van der Waals surface area contributed by atoms with Crippen molar-refractivity contribution in [3.05, 3.63) is 30.4 Å². The van der Waals surface area contributed by atoms with Gasteiger partial charge in [0.1, 0.15) is 12.1 Å². The maximum Gasteiger partial charge on any atom is 0.471 e. The van der Waals surface area contributed by atoms with Gasteiger partial charge in [0.25, 0.3) is 0 Å². The van der Waals surface area contributed by atoms with Crippen LogP contribution >= 0.6 is 0 Å². The summed E-state index contributed by atoms with van der Waals surface area (Å²) in [7, 11) is 0. The zero-order valence-electron chi connectivity index (χ0n) is 14.2. The second kappa shape index (κ2) is 6.11. The van der Waals surface area contributed by atoms with E-state index in [0.717, 1.165) is 0 Å². The maximum absolute atomic E-state index is 12.6. The molecule has 0 radical (unpaired) electrons. The van der Waals surface area contributed by atoms with E-state index in [-0.39, 0.29) is 12.4 Å². The molecule has 10 heteroatoms. The molecule has 0 N–H and O–H groups in total. The number of hydrogen-bond donors (Lipinski definition) is 0. The van der Waals surface area contributed by atoms with Gasteiger partial charge >= 0.3 is 18.0 Å². The van der Waals surface area contributed by atoms with Crippen LogP contribution in [0.4, 0.5) is 13.2 Å². The lowest BCUT2D eigenvalue weighted by Gasteiger charge is -2.19. The third kappa shape index (κ3) is 3.84. The van der Waals surface area contributed by atoms with E-state index < -0.39 is 23.6 Å². The van der Waals surface area contributed by atoms with E-state index in [9.17, 15) is 18.0 Å². The van der Waals surface area contributed by atoms with E-state index in [0.29, 0.717) is 16.6 Å². The highest BCUT2D eigenvalue weighted by atomic mass is 19.4. The molecule has 0 aliphatic rings. The largest absolute Gasteiger partial charge is 0.471 e. The number of carbonyl (C=O) groups excluding carboxylic acids is 1. The third-order valence-corrected chi connectivity index (χ3v) is 3.27. The van der Waals surface area contributed by atoms with E-state index in [4.69, 9.17) is 4.74 Å². The summed E-state index contributed by atoms with van der Waals surface area (Å²) in [5.41, 5.74) is 0.818. The van der Waals surface area contributed by atoms with Gasteiger partial charge in [0.2, 0.25) is 5.82 Å². The number of ether oxygens (including phenoxy) is 1. The molecule has 0 unspecified atom stereocenters. The Kier molecular flexibility index (Phi) is 4.21. The minimum Gasteiger partial charge on any atom is -0.459 e. The van der Waals surface area contributed by atoms with Gasteiger partial charge in [-0.3, -0.25) is 4.79 Å². The van der Waals surface area contributed by atoms with Crippen LogP contribution in [-0.4, -0.2) is 31.3 Å². The van der Waals surface area contributed by atoms with Gasteiger partial charge in [-0.1, -0.05) is 5.16 Å². The molecule has 0 bridgehead atoms. The number of hydrogen-bond acceptors (Lipinski definition) is 6. The third-order valence-electron chi connectivity index (χ3n) is 3.27. The van der Waals surface area contributed by atoms with E-state index in [1.807, 2.05) is 0 Å². The Labute approximate surface area is 145 Å². The maximum atomic E-state index is 12.6. The first-order valence-electron chi connectivity index (χ1n) is 7.61. The molecule has 0 saturated heterocycles. The van der Waals surface area contributed by atoms with Crippen molar-refractivity contribution in [3.8, 4) is 11.4 Å². The summed E-state index contributed by atoms with van der Waals surface area (Å²) in [5, 5.41) is 3.34. The zero-order chi connectivity index (χ0) is 19.1. The van der Waals surface area contributed by atoms with Crippen LogP contribution in [0.3, 0.4) is 0 Å². The minimum absolute atomic E-state index is 0.0342. The predicted molar refractivity (Wildman–Crippen MR) is 83.9 cm³/mol. The molecular formula is C16H15F3N4O3. The summed E-state index contributed by atoms with van der Waals surface area (Å²) in [6, 6.07) is 4.66. The van der Waals surface area contributed by atoms with Crippen LogP contribution in [-0.2, 0) is 22.3 Å². The molecule has 2 heterocycles. The van der Waals surface area contributed by atoms with Crippen LogP contribution in [0.5, 0.6) is 0 Å². The van der Waals surface area contributed by atoms with Crippen molar-refractivity contribution in [3.63, 3.8) is 0 Å². The number of alkyl halides is 3. The second-order valence-corrected chi connectivity index (χ2v) is 6.58. The molecule has 0 saturated carbocycles. The van der Waals surface area contributed by atoms with Crippen LogP contribution < -0.4 is 0 Å². The molecule has 0 spiro atoms. The quantitative estimate of drug-likeness (QED) is 0.659. The Bertz CT molecular complexity index is 954. The van der Waals surface area contributed by atoms with Gasteiger partial charge in [-0.15, -0.1) is 0 Å². The fourth-order valence-electron chi connectivity index (χ4n) is 2.30. The number of nitrogens with zero attached hydrogens (tertiary/aromatic N) is 4. The topological polar surface area (TPSA) is 83.0 Å². The lowest BCUT2D eigenvalue weighted by atomic mass is 10.2. The highest BCUT2D eigenvalue weighted by Gasteiger charge is 2.38. The average molecular weight is 368 g/mol. The lowest BCUT2D eigenvalue weighted by molar-refractivity contribution is -0.159. The Morgan fingerprint density at radius 2 is 2.00 bits per heavy atom. The van der Waals surface area contributed by atoms with E-state index in [1.165, 1.54) is 18.5 Å². The summed E-state index contributed by atoms with van der Waals surface area (Å²) in [5.74, 6) is -2.03. The number of fused-ring (bicyclic) bond motifs is 1. The first-order valence-corrected chi connectivity index (χ1v) is 7.61. The number of esters is 1. The van der Waals surface area contributed by atoms with Crippen molar-refractivity contribution < 1.29 is 27.2 Å². The molecule has 0 aliphatic heterocycles. The summed E-state index contributed by atoms with van der Waals surface area (Å²) >= 11 is 0. The first kappa shape index (κ1) is 17.9. The van der Waals surface area contributed by atoms with E-state index in [2.05, 4.69) is 19.6 Å². The van der Waals surface area contributed by atoms with Crippen LogP contribution in [0.1, 0.15) is 26.7 Å². The Hall–Kier alpha value is -2.91. The molecule has 0 aliphatic carbocycles. The van der Waals surface area contributed by atoms with Crippen molar-refractivity contribution in [1.29, 1.82) is 0 Å². The van der Waals surface area contributed by atoms with Crippen molar-refractivity contribution >= 4 is 17.0 Å². The van der Waals surface area contributed by atoms with Crippen LogP contribution in [0, 0.1) is 0 Å². The second-order valence-electron chi connectivity index (χ2n) is 6.58. The van der Waals surface area contributed by atoms with Crippen molar-refractivity contribution in [1.82, 2.24) is 19.7 Å². The number of aromatic nitrogens is 4. The van der Waals surface area contributed by atoms with Gasteiger partial charge in [0.15, 0.2) is 0 Å². The van der Waals surface area contributed by atoms with Crippen molar-refractivity contribution in [2.75, 3.05) is 0 Å². The van der Waals surface area contributed by atoms with Crippen LogP contribution in [0.2, 0.25) is 0 Å². The average Bonchev–Trinajstić information content (AvgIpc) is 3.11.